The number of anilines is 3. The Balaban J connectivity index is 1.75. The molecule has 0 fully saturated rings. The Morgan fingerprint density at radius 1 is 0.958 bits per heavy atom. The van der Waals surface area contributed by atoms with E-state index in [9.17, 15) is 4.79 Å². The molecule has 120 valence electrons. The summed E-state index contributed by atoms with van der Waals surface area (Å²) >= 11 is 0. The second-order valence-corrected chi connectivity index (χ2v) is 4.97. The molecule has 0 aliphatic heterocycles. The van der Waals surface area contributed by atoms with Crippen molar-refractivity contribution in [2.45, 2.75) is 0 Å². The molecular formula is C18H16N4O2. The van der Waals surface area contributed by atoms with Gasteiger partial charge in [0, 0.05) is 23.5 Å². The smallest absolute Gasteiger partial charge is 0.274 e. The molecular weight excluding hydrogens is 304 g/mol. The van der Waals surface area contributed by atoms with Gasteiger partial charge in [0.15, 0.2) is 0 Å². The molecule has 1 heterocycles. The summed E-state index contributed by atoms with van der Waals surface area (Å²) in [5.74, 6) is 0.963. The molecule has 6 heteroatoms. The van der Waals surface area contributed by atoms with Crippen LogP contribution in [-0.2, 0) is 0 Å². The predicted molar refractivity (Wildman–Crippen MR) is 92.7 cm³/mol. The first-order valence-electron chi connectivity index (χ1n) is 7.34. The average molecular weight is 320 g/mol. The first-order valence-corrected chi connectivity index (χ1v) is 7.34. The predicted octanol–water partition coefficient (Wildman–Crippen LogP) is 3.48. The summed E-state index contributed by atoms with van der Waals surface area (Å²) in [6.45, 7) is 0. The quantitative estimate of drug-likeness (QED) is 0.752. The van der Waals surface area contributed by atoms with E-state index in [4.69, 9.17) is 4.74 Å². The summed E-state index contributed by atoms with van der Waals surface area (Å²) in [5, 5.41) is 5.92. The van der Waals surface area contributed by atoms with E-state index in [-0.39, 0.29) is 11.6 Å². The number of ether oxygens (including phenoxy) is 1. The molecule has 0 spiro atoms. The first kappa shape index (κ1) is 15.5. The van der Waals surface area contributed by atoms with Gasteiger partial charge in [-0.1, -0.05) is 24.3 Å². The molecule has 2 aromatic carbocycles. The molecule has 0 saturated carbocycles. The average Bonchev–Trinajstić information content (AvgIpc) is 2.63. The highest BCUT2D eigenvalue weighted by atomic mass is 16.5. The maximum atomic E-state index is 12.3. The van der Waals surface area contributed by atoms with Gasteiger partial charge < -0.3 is 15.4 Å². The minimum Gasteiger partial charge on any atom is -0.497 e. The molecule has 0 saturated heterocycles. The number of nitrogens with zero attached hydrogens (tertiary/aromatic N) is 2. The van der Waals surface area contributed by atoms with Crippen molar-refractivity contribution >= 4 is 23.1 Å². The van der Waals surface area contributed by atoms with Crippen molar-refractivity contribution in [1.29, 1.82) is 0 Å². The number of benzene rings is 2. The fraction of sp³-hybridized carbons (Fsp3) is 0.0556. The summed E-state index contributed by atoms with van der Waals surface area (Å²) in [6, 6.07) is 18.3. The zero-order valence-electron chi connectivity index (χ0n) is 13.1. The van der Waals surface area contributed by atoms with Crippen LogP contribution in [0.2, 0.25) is 0 Å². The molecule has 1 aromatic heterocycles. The Kier molecular flexibility index (Phi) is 4.67. The summed E-state index contributed by atoms with van der Waals surface area (Å²) in [6.07, 6.45) is 1.35. The van der Waals surface area contributed by atoms with Crippen molar-refractivity contribution in [2.75, 3.05) is 17.7 Å². The lowest BCUT2D eigenvalue weighted by Crippen LogP contribution is -2.14. The molecule has 0 atom stereocenters. The molecule has 3 aromatic rings. The summed E-state index contributed by atoms with van der Waals surface area (Å²) in [5.41, 5.74) is 1.80. The van der Waals surface area contributed by atoms with E-state index in [1.165, 1.54) is 6.33 Å². The minimum atomic E-state index is -0.294. The van der Waals surface area contributed by atoms with Crippen molar-refractivity contribution in [3.05, 3.63) is 72.7 Å². The number of amides is 1. The highest BCUT2D eigenvalue weighted by Gasteiger charge is 2.09. The van der Waals surface area contributed by atoms with Crippen LogP contribution in [0, 0.1) is 0 Å². The van der Waals surface area contributed by atoms with Crippen molar-refractivity contribution < 1.29 is 9.53 Å². The highest BCUT2D eigenvalue weighted by molar-refractivity contribution is 6.03. The van der Waals surface area contributed by atoms with E-state index in [1.807, 2.05) is 54.6 Å². The Morgan fingerprint density at radius 2 is 1.75 bits per heavy atom. The van der Waals surface area contributed by atoms with E-state index >= 15 is 0 Å². The van der Waals surface area contributed by atoms with Crippen LogP contribution < -0.4 is 15.4 Å². The van der Waals surface area contributed by atoms with Crippen molar-refractivity contribution in [2.24, 2.45) is 0 Å². The number of nitrogens with one attached hydrogen (secondary N) is 2. The van der Waals surface area contributed by atoms with Crippen LogP contribution in [-0.4, -0.2) is 23.0 Å². The SMILES string of the molecule is COc1cccc(Nc2cc(C(=O)Nc3ccccc3)ncn2)c1. The summed E-state index contributed by atoms with van der Waals surface area (Å²) < 4.78 is 5.18. The largest absolute Gasteiger partial charge is 0.497 e. The number of hydrogen-bond donors (Lipinski definition) is 2. The second kappa shape index (κ2) is 7.23. The molecule has 2 N–H and O–H groups in total. The number of para-hydroxylation sites is 1. The third-order valence-electron chi connectivity index (χ3n) is 3.27. The number of aromatic nitrogens is 2. The topological polar surface area (TPSA) is 76.1 Å². The normalized spacial score (nSPS) is 10.0. The lowest BCUT2D eigenvalue weighted by atomic mass is 10.3. The highest BCUT2D eigenvalue weighted by Crippen LogP contribution is 2.20. The van der Waals surface area contributed by atoms with Crippen molar-refractivity contribution in [1.82, 2.24) is 9.97 Å². The van der Waals surface area contributed by atoms with Gasteiger partial charge in [0.1, 0.15) is 23.6 Å². The van der Waals surface area contributed by atoms with Gasteiger partial charge in [-0.05, 0) is 24.3 Å². The van der Waals surface area contributed by atoms with Gasteiger partial charge >= 0.3 is 0 Å². The number of methoxy groups -OCH3 is 1. The fourth-order valence-electron chi connectivity index (χ4n) is 2.12. The zero-order chi connectivity index (χ0) is 16.8. The fourth-order valence-corrected chi connectivity index (χ4v) is 2.12. The van der Waals surface area contributed by atoms with Gasteiger partial charge in [0.05, 0.1) is 7.11 Å². The lowest BCUT2D eigenvalue weighted by molar-refractivity contribution is 0.102. The van der Waals surface area contributed by atoms with Gasteiger partial charge in [-0.2, -0.15) is 0 Å². The molecule has 24 heavy (non-hydrogen) atoms. The number of rotatable bonds is 5. The van der Waals surface area contributed by atoms with Crippen LogP contribution in [0.1, 0.15) is 10.5 Å². The third-order valence-corrected chi connectivity index (χ3v) is 3.27. The maximum Gasteiger partial charge on any atom is 0.274 e. The third kappa shape index (κ3) is 3.86. The molecule has 0 aliphatic carbocycles. The van der Waals surface area contributed by atoms with Crippen molar-refractivity contribution in [3.8, 4) is 5.75 Å². The van der Waals surface area contributed by atoms with Gasteiger partial charge in [0.25, 0.3) is 5.91 Å². The van der Waals surface area contributed by atoms with Gasteiger partial charge in [-0.25, -0.2) is 9.97 Å². The maximum absolute atomic E-state index is 12.3. The molecule has 0 radical (unpaired) electrons. The molecule has 0 aliphatic rings. The molecule has 1 amide bonds. The van der Waals surface area contributed by atoms with Crippen LogP contribution in [0.5, 0.6) is 5.75 Å². The van der Waals surface area contributed by atoms with Gasteiger partial charge in [-0.3, -0.25) is 4.79 Å². The number of carbonyl (C=O) groups excluding carboxylic acids is 1. The Bertz CT molecular complexity index is 837. The van der Waals surface area contributed by atoms with Gasteiger partial charge in [-0.15, -0.1) is 0 Å². The van der Waals surface area contributed by atoms with E-state index in [0.717, 1.165) is 11.4 Å². The number of carbonyl (C=O) groups is 1. The number of hydrogen-bond acceptors (Lipinski definition) is 5. The van der Waals surface area contributed by atoms with Crippen LogP contribution in [0.3, 0.4) is 0 Å². The zero-order valence-corrected chi connectivity index (χ0v) is 13.1. The minimum absolute atomic E-state index is 0.277. The van der Waals surface area contributed by atoms with Crippen LogP contribution in [0.4, 0.5) is 17.2 Å². The van der Waals surface area contributed by atoms with Gasteiger partial charge in [0.2, 0.25) is 0 Å². The van der Waals surface area contributed by atoms with E-state index in [0.29, 0.717) is 11.5 Å². The van der Waals surface area contributed by atoms with E-state index in [1.54, 1.807) is 13.2 Å². The Morgan fingerprint density at radius 3 is 2.54 bits per heavy atom. The summed E-state index contributed by atoms with van der Waals surface area (Å²) in [4.78, 5) is 20.4. The van der Waals surface area contributed by atoms with Crippen LogP contribution >= 0.6 is 0 Å². The van der Waals surface area contributed by atoms with Crippen molar-refractivity contribution in [3.63, 3.8) is 0 Å². The molecule has 3 rings (SSSR count). The Labute approximate surface area is 139 Å². The Hall–Kier alpha value is -3.41. The molecule has 0 unspecified atom stereocenters. The second-order valence-electron chi connectivity index (χ2n) is 4.97. The van der Waals surface area contributed by atoms with Crippen LogP contribution in [0.15, 0.2) is 67.0 Å². The monoisotopic (exact) mass is 320 g/mol. The molecule has 0 bridgehead atoms. The summed E-state index contributed by atoms with van der Waals surface area (Å²) in [7, 11) is 1.61. The molecule has 6 nitrogen and oxygen atoms in total. The first-order chi connectivity index (χ1) is 11.7. The van der Waals surface area contributed by atoms with Crippen LogP contribution in [0.25, 0.3) is 0 Å². The standard InChI is InChI=1S/C18H16N4O2/c1-24-15-9-5-8-14(10-15)21-17-11-16(19-12-20-17)18(23)22-13-6-3-2-4-7-13/h2-12H,1H3,(H,22,23)(H,19,20,21). The van der Waals surface area contributed by atoms with E-state index in [2.05, 4.69) is 20.6 Å². The van der Waals surface area contributed by atoms with E-state index < -0.39 is 0 Å². The lowest BCUT2D eigenvalue weighted by Gasteiger charge is -2.08.